The van der Waals surface area contributed by atoms with Crippen LogP contribution in [-0.2, 0) is 30.2 Å². The van der Waals surface area contributed by atoms with Crippen molar-refractivity contribution in [1.82, 2.24) is 4.90 Å². The van der Waals surface area contributed by atoms with Crippen molar-refractivity contribution in [2.24, 2.45) is 0 Å². The number of fused-ring (bicyclic) bond motifs is 1. The van der Waals surface area contributed by atoms with Gasteiger partial charge >= 0.3 is 11.9 Å². The molecule has 1 aliphatic carbocycles. The topological polar surface area (TPSA) is 78.9 Å². The molecule has 2 aromatic carbocycles. The maximum atomic E-state index is 14.6. The number of nitrogens with zero attached hydrogens (tertiary/aromatic N) is 1. The van der Waals surface area contributed by atoms with Gasteiger partial charge in [0, 0.05) is 12.5 Å². The molecule has 2 atom stereocenters. The number of benzene rings is 2. The second kappa shape index (κ2) is 11.4. The van der Waals surface area contributed by atoms with Crippen LogP contribution in [0.15, 0.2) is 52.9 Å². The predicted octanol–water partition coefficient (Wildman–Crippen LogP) is 5.06. The lowest BCUT2D eigenvalue weighted by molar-refractivity contribution is -0.193. The molecule has 0 aromatic heterocycles. The molecule has 0 bridgehead atoms. The van der Waals surface area contributed by atoms with Crippen molar-refractivity contribution in [2.45, 2.75) is 45.2 Å². The van der Waals surface area contributed by atoms with Crippen molar-refractivity contribution in [3.63, 3.8) is 0 Å². The number of hydrogen-bond donors (Lipinski definition) is 0. The van der Waals surface area contributed by atoms with Gasteiger partial charge < -0.3 is 14.0 Å². The highest BCUT2D eigenvalue weighted by Gasteiger charge is 2.55. The largest absolute Gasteiger partial charge is 0.612 e. The van der Waals surface area contributed by atoms with Gasteiger partial charge in [-0.1, -0.05) is 19.9 Å². The van der Waals surface area contributed by atoms with E-state index in [0.717, 1.165) is 11.1 Å². The Hall–Kier alpha value is -2.94. The number of allylic oxidation sites excluding steroid dienone is 2. The molecule has 192 valence electrons. The van der Waals surface area contributed by atoms with E-state index in [1.807, 2.05) is 39.0 Å². The van der Waals surface area contributed by atoms with Gasteiger partial charge in [-0.25, -0.2) is 9.18 Å². The summed E-state index contributed by atoms with van der Waals surface area (Å²) < 4.78 is 37.7. The first-order valence-electron chi connectivity index (χ1n) is 11.9. The maximum Gasteiger partial charge on any atom is 0.371 e. The molecular weight excluding hydrogens is 481 g/mol. The van der Waals surface area contributed by atoms with Crippen LogP contribution in [-0.4, -0.2) is 53.1 Å². The van der Waals surface area contributed by atoms with E-state index in [4.69, 9.17) is 9.47 Å². The molecule has 0 amide bonds. The average molecular weight is 514 g/mol. The highest BCUT2D eigenvalue weighted by molar-refractivity contribution is 7.90. The van der Waals surface area contributed by atoms with Crippen LogP contribution in [0.3, 0.4) is 0 Å². The zero-order chi connectivity index (χ0) is 26.6. The molecule has 0 N–H and O–H groups in total. The molecular formula is C28H32FNO5S. The third kappa shape index (κ3) is 5.12. The number of ether oxygens (including phenoxy) is 2. The molecule has 0 aliphatic heterocycles. The van der Waals surface area contributed by atoms with Gasteiger partial charge in [0.2, 0.25) is 0 Å². The summed E-state index contributed by atoms with van der Waals surface area (Å²) in [5.74, 6) is -1.87. The van der Waals surface area contributed by atoms with Crippen LogP contribution in [0.25, 0.3) is 17.2 Å². The molecule has 2 aromatic rings. The van der Waals surface area contributed by atoms with Crippen LogP contribution in [0, 0.1) is 5.82 Å². The Balaban J connectivity index is 2.36. The molecule has 0 heterocycles. The summed E-state index contributed by atoms with van der Waals surface area (Å²) >= 11 is -1.10. The van der Waals surface area contributed by atoms with E-state index in [1.54, 1.807) is 36.3 Å². The molecule has 8 heteroatoms. The zero-order valence-corrected chi connectivity index (χ0v) is 22.3. The Morgan fingerprint density at radius 1 is 1.08 bits per heavy atom. The fourth-order valence-electron chi connectivity index (χ4n) is 4.69. The Morgan fingerprint density at radius 3 is 2.25 bits per heavy atom. The summed E-state index contributed by atoms with van der Waals surface area (Å²) in [4.78, 5) is 28.5. The summed E-state index contributed by atoms with van der Waals surface area (Å²) in [6.07, 6.45) is 3.54. The normalized spacial score (nSPS) is 16.6. The minimum absolute atomic E-state index is 0.0826. The molecule has 3 rings (SSSR count). The maximum absolute atomic E-state index is 14.6. The molecule has 2 unspecified atom stereocenters. The second-order valence-corrected chi connectivity index (χ2v) is 9.78. The van der Waals surface area contributed by atoms with E-state index in [2.05, 4.69) is 0 Å². The van der Waals surface area contributed by atoms with Gasteiger partial charge in [0.05, 0.1) is 6.61 Å². The quantitative estimate of drug-likeness (QED) is 0.265. The number of hydrogen-bond acceptors (Lipinski definition) is 6. The first-order chi connectivity index (χ1) is 17.1. The van der Waals surface area contributed by atoms with Crippen molar-refractivity contribution in [3.8, 4) is 0 Å². The Labute approximate surface area is 215 Å². The van der Waals surface area contributed by atoms with Gasteiger partial charge in [-0.15, -0.1) is 0 Å². The number of carbonyl (C=O) groups is 2. The van der Waals surface area contributed by atoms with E-state index in [-0.39, 0.29) is 6.61 Å². The Morgan fingerprint density at radius 2 is 1.72 bits per heavy atom. The van der Waals surface area contributed by atoms with Crippen molar-refractivity contribution in [1.29, 1.82) is 0 Å². The average Bonchev–Trinajstić information content (AvgIpc) is 3.09. The van der Waals surface area contributed by atoms with Gasteiger partial charge in [0.15, 0.2) is 4.90 Å². The van der Waals surface area contributed by atoms with E-state index < -0.39 is 34.7 Å². The summed E-state index contributed by atoms with van der Waals surface area (Å²) in [6.45, 7) is 9.29. The first kappa shape index (κ1) is 27.6. The molecule has 0 saturated heterocycles. The van der Waals surface area contributed by atoms with Crippen molar-refractivity contribution >= 4 is 40.3 Å². The molecule has 36 heavy (non-hydrogen) atoms. The van der Waals surface area contributed by atoms with Crippen molar-refractivity contribution in [2.75, 3.05) is 26.0 Å². The summed E-state index contributed by atoms with van der Waals surface area (Å²) in [5.41, 5.74) is 1.93. The zero-order valence-electron chi connectivity index (χ0n) is 21.5. The van der Waals surface area contributed by atoms with Crippen molar-refractivity contribution in [3.05, 3.63) is 70.5 Å². The van der Waals surface area contributed by atoms with Gasteiger partial charge in [-0.05, 0) is 108 Å². The molecule has 1 aliphatic rings. The van der Waals surface area contributed by atoms with Gasteiger partial charge in [0.25, 0.3) is 5.72 Å². The van der Waals surface area contributed by atoms with Gasteiger partial charge in [0.1, 0.15) is 12.1 Å². The van der Waals surface area contributed by atoms with Crippen LogP contribution in [0.5, 0.6) is 0 Å². The summed E-state index contributed by atoms with van der Waals surface area (Å²) in [7, 11) is 0. The lowest BCUT2D eigenvalue weighted by Gasteiger charge is -2.41. The Bertz CT molecular complexity index is 1200. The monoisotopic (exact) mass is 513 g/mol. The molecule has 0 radical (unpaired) electrons. The number of rotatable bonds is 9. The van der Waals surface area contributed by atoms with Crippen LogP contribution < -0.4 is 0 Å². The standard InChI is InChI=1S/C28H32FNO5S/c1-7-30(8-2)28(35-19(5)31,27(32)34-9-3)26-18(4)24(23-15-12-21(29)17-25(23)26)16-20-10-13-22(14-11-20)36(6)33/h10-17H,7-9H2,1-6H3/b24-16-. The Kier molecular flexibility index (Phi) is 8.76. The number of carbonyl (C=O) groups excluding carboxylic acids is 2. The lowest BCUT2D eigenvalue weighted by Crippen LogP contribution is -2.59. The number of likely N-dealkylation sites (N-methyl/N-ethyl adjacent to an activating group) is 1. The molecule has 0 spiro atoms. The van der Waals surface area contributed by atoms with E-state index in [0.29, 0.717) is 40.3 Å². The van der Waals surface area contributed by atoms with E-state index >= 15 is 0 Å². The SMILES string of the molecule is CCOC(=O)C(OC(C)=O)(C1=C(C)/C(=C/c2ccc([S+](C)[O-])cc2)c2ccc(F)cc21)N(CC)CC. The molecule has 0 fully saturated rings. The minimum Gasteiger partial charge on any atom is -0.612 e. The lowest BCUT2D eigenvalue weighted by atomic mass is 9.92. The van der Waals surface area contributed by atoms with Crippen LogP contribution >= 0.6 is 0 Å². The van der Waals surface area contributed by atoms with Crippen LogP contribution in [0.2, 0.25) is 0 Å². The second-order valence-electron chi connectivity index (χ2n) is 8.40. The van der Waals surface area contributed by atoms with Crippen molar-refractivity contribution < 1.29 is 28.0 Å². The van der Waals surface area contributed by atoms with Gasteiger partial charge in [-0.2, -0.15) is 0 Å². The summed E-state index contributed by atoms with van der Waals surface area (Å²) in [5, 5.41) is 0. The highest BCUT2D eigenvalue weighted by atomic mass is 32.2. The fourth-order valence-corrected chi connectivity index (χ4v) is 5.21. The smallest absolute Gasteiger partial charge is 0.371 e. The molecule has 0 saturated carbocycles. The minimum atomic E-state index is -1.89. The number of esters is 2. The predicted molar refractivity (Wildman–Crippen MR) is 140 cm³/mol. The van der Waals surface area contributed by atoms with E-state index in [9.17, 15) is 18.5 Å². The van der Waals surface area contributed by atoms with E-state index in [1.165, 1.54) is 19.1 Å². The van der Waals surface area contributed by atoms with Crippen LogP contribution in [0.4, 0.5) is 4.39 Å². The molecule has 6 nitrogen and oxygen atoms in total. The van der Waals surface area contributed by atoms with Crippen LogP contribution in [0.1, 0.15) is 51.3 Å². The van der Waals surface area contributed by atoms with Gasteiger partial charge in [-0.3, -0.25) is 9.69 Å². The summed E-state index contributed by atoms with van der Waals surface area (Å²) in [6, 6.07) is 11.7. The third-order valence-corrected chi connectivity index (χ3v) is 7.17. The third-order valence-electron chi connectivity index (χ3n) is 6.23. The fraction of sp³-hybridized carbons (Fsp3) is 0.357. The highest BCUT2D eigenvalue weighted by Crippen LogP contribution is 2.49. The number of halogens is 1. The first-order valence-corrected chi connectivity index (χ1v) is 13.4.